The summed E-state index contributed by atoms with van der Waals surface area (Å²) < 4.78 is 70.0. The first-order valence-corrected chi connectivity index (χ1v) is 53.7. The summed E-state index contributed by atoms with van der Waals surface area (Å²) in [5.74, 6) is 16.3. The van der Waals surface area contributed by atoms with E-state index >= 15 is 0 Å². The molecule has 0 aromatic rings. The lowest BCUT2D eigenvalue weighted by molar-refractivity contribution is -0.193. The fourth-order valence-corrected chi connectivity index (χ4v) is 34.7. The normalized spacial score (nSPS) is 43.9. The first kappa shape index (κ1) is 93.3. The molecule has 0 radical (unpaired) electrons. The number of esters is 8. The van der Waals surface area contributed by atoms with Crippen LogP contribution < -0.4 is 0 Å². The predicted molar refractivity (Wildman–Crippen MR) is 477 cm³/mol. The van der Waals surface area contributed by atoms with Crippen LogP contribution in [-0.4, -0.2) is 131 Å². The molecule has 39 unspecified atom stereocenters. The van der Waals surface area contributed by atoms with Crippen molar-refractivity contribution in [1.82, 2.24) is 0 Å². The smallest absolute Gasteiger partial charge is 0.311 e. The molecule has 23 aliphatic carbocycles. The van der Waals surface area contributed by atoms with Crippen molar-refractivity contribution in [1.29, 1.82) is 0 Å². The molecule has 23 rings (SSSR count). The average Bonchev–Trinajstić information content (AvgIpc) is 1.56. The molecule has 0 amide bonds. The van der Waals surface area contributed by atoms with Crippen LogP contribution >= 0.6 is 0 Å². The Balaban J connectivity index is 0.000000112. The topological polar surface area (TPSA) is 264 Å². The fourth-order valence-electron chi connectivity index (χ4n) is 34.7. The largest absolute Gasteiger partial charge is 0.462 e. The summed E-state index contributed by atoms with van der Waals surface area (Å²) >= 11 is 0. The first-order chi connectivity index (χ1) is 62.3. The summed E-state index contributed by atoms with van der Waals surface area (Å²) in [5, 5.41) is 0. The SMILES string of the molecule is CCC(C)(C)C(=O)OC1CC2CC1C1C3CC(CC3C(=O)OCOC3C4CC5CC(C4)C(=O)C3C5)C21.CCC(C)(C)C(=O)OC1CC2CC1C1C3CC(CC3C(=O)OCOCC3CCCCC3)C21.CCC(C)C(=O)OC1CC2CC1C1C3CC(CC3C(=O)OCOC3CCCCC3)C21.CCC(C)C(=O)OC1CC2CC1C1C3CC(CC3C(=O)OCOCC3CCCCC3)C21. The Morgan fingerprint density at radius 1 is 0.333 bits per heavy atom. The van der Waals surface area contributed by atoms with Crippen LogP contribution in [0.5, 0.6) is 0 Å². The molecule has 23 aliphatic rings. The third kappa shape index (κ3) is 18.2. The predicted octanol–water partition coefficient (Wildman–Crippen LogP) is 19.8. The van der Waals surface area contributed by atoms with Crippen molar-refractivity contribution < 1.29 is 100.0 Å². The van der Waals surface area contributed by atoms with E-state index in [0.29, 0.717) is 154 Å². The number of carbonyl (C=O) groups is 9. The lowest BCUT2D eigenvalue weighted by atomic mass is 9.54. The highest BCUT2D eigenvalue weighted by atomic mass is 16.7. The first-order valence-electron chi connectivity index (χ1n) is 53.7. The van der Waals surface area contributed by atoms with Gasteiger partial charge in [-0.25, -0.2) is 0 Å². The lowest BCUT2D eigenvalue weighted by Gasteiger charge is -2.52. The number of ketones is 1. The van der Waals surface area contributed by atoms with Gasteiger partial charge in [0.2, 0.25) is 0 Å². The van der Waals surface area contributed by atoms with E-state index in [4.69, 9.17) is 56.8 Å². The molecular weight excluding hydrogens is 1630 g/mol. The Hall–Kier alpha value is -4.73. The molecule has 23 fully saturated rings. The van der Waals surface area contributed by atoms with Gasteiger partial charge in [-0.2, -0.15) is 0 Å². The van der Waals surface area contributed by atoms with Crippen molar-refractivity contribution in [2.75, 3.05) is 40.4 Å². The van der Waals surface area contributed by atoms with Gasteiger partial charge < -0.3 is 56.8 Å². The maximum absolute atomic E-state index is 13.2. The Kier molecular flexibility index (Phi) is 28.2. The van der Waals surface area contributed by atoms with Gasteiger partial charge >= 0.3 is 47.8 Å². The number of fused-ring (bicyclic) bond motifs is 36. The van der Waals surface area contributed by atoms with Gasteiger partial charge in [0.25, 0.3) is 0 Å². The number of rotatable bonds is 30. The maximum Gasteiger partial charge on any atom is 0.311 e. The van der Waals surface area contributed by atoms with Crippen LogP contribution in [0, 0.1) is 224 Å². The minimum atomic E-state index is -0.440. The third-order valence-corrected chi connectivity index (χ3v) is 41.5. The molecule has 129 heavy (non-hydrogen) atoms. The molecule has 0 saturated heterocycles. The Morgan fingerprint density at radius 3 is 1.02 bits per heavy atom. The molecule has 0 aromatic heterocycles. The number of Topliss-reactive ketones (excluding diaryl/α,β-unsaturated/α-hetero) is 1. The number of hydrogen-bond donors (Lipinski definition) is 0. The Labute approximate surface area is 769 Å². The standard InChI is InChI=1S/C30H42O6.C27H42O5.C26H40O5.C25H38O5/c1-4-30(2,3)29(33)36-23-12-16-11-21(23)25-19-9-15(24(16)25)10-20(19)28(32)35-13-34-27-18-6-14-5-17(8-18)26(31)22(27)7-14;1-4-27(2,3)26(29)32-22-13-18-12-21(22)24-19-10-17(23(18)24)11-20(19)25(28)31-15-30-14-16-8-6-5-7-9-16;1-3-15(2)25(27)31-22-12-18-11-21(22)24-19-9-17(23(18)24)10-20(19)26(28)30-14-29-13-16-7-5-4-6-8-16;1-3-14(2)24(26)30-21-12-16-11-20(21)23-18-9-15(22(16)23)10-19(18)25(27)29-13-28-17-7-5-4-6-8-17/h14-25,27H,4-13H2,1-3H3;16-24H,4-15H2,1-3H3;15-24H,3-14H2,1-2H3;14-23H,3-13H2,1-2H3. The summed E-state index contributed by atoms with van der Waals surface area (Å²) in [4.78, 5) is 115. The van der Waals surface area contributed by atoms with Crippen LogP contribution in [-0.2, 0) is 100.0 Å². The minimum absolute atomic E-state index is 0.0144. The zero-order valence-corrected chi connectivity index (χ0v) is 80.1. The quantitative estimate of drug-likeness (QED) is 0.0213. The van der Waals surface area contributed by atoms with Gasteiger partial charge in [-0.1, -0.05) is 99.3 Å². The fraction of sp³-hybridized carbons (Fsp3) is 0.917. The highest BCUT2D eigenvalue weighted by Gasteiger charge is 2.72. The van der Waals surface area contributed by atoms with Gasteiger partial charge in [0.05, 0.1) is 71.8 Å². The second kappa shape index (κ2) is 39.0. The maximum atomic E-state index is 13.2. The molecule has 23 saturated carbocycles. The van der Waals surface area contributed by atoms with E-state index in [1.54, 1.807) is 0 Å². The number of hydrogen-bond acceptors (Lipinski definition) is 21. The molecule has 0 aromatic carbocycles. The van der Waals surface area contributed by atoms with Crippen molar-refractivity contribution >= 4 is 53.5 Å². The van der Waals surface area contributed by atoms with Crippen LogP contribution in [0.15, 0.2) is 0 Å². The van der Waals surface area contributed by atoms with Gasteiger partial charge in [-0.05, 0) is 386 Å². The lowest BCUT2D eigenvalue weighted by Crippen LogP contribution is -2.55. The number of carbonyl (C=O) groups excluding carboxylic acids is 9. The monoisotopic (exact) mass is 1800 g/mol. The van der Waals surface area contributed by atoms with Crippen LogP contribution in [0.25, 0.3) is 0 Å². The highest BCUT2D eigenvalue weighted by Crippen LogP contribution is 2.74. The summed E-state index contributed by atoms with van der Waals surface area (Å²) in [7, 11) is 0. The molecule has 0 spiro atoms. The average molecular weight is 1800 g/mol. The zero-order chi connectivity index (χ0) is 89.7. The zero-order valence-electron chi connectivity index (χ0n) is 80.1. The van der Waals surface area contributed by atoms with Crippen molar-refractivity contribution in [2.24, 2.45) is 224 Å². The molecule has 0 N–H and O–H groups in total. The Bertz CT molecular complexity index is 3980. The van der Waals surface area contributed by atoms with E-state index in [0.717, 1.165) is 179 Å². The van der Waals surface area contributed by atoms with E-state index in [1.165, 1.54) is 103 Å². The van der Waals surface area contributed by atoms with Gasteiger partial charge in [0, 0.05) is 11.8 Å². The van der Waals surface area contributed by atoms with E-state index in [-0.39, 0.29) is 159 Å². The summed E-state index contributed by atoms with van der Waals surface area (Å²) in [6.45, 7) is 21.7. The van der Waals surface area contributed by atoms with E-state index < -0.39 is 10.8 Å². The van der Waals surface area contributed by atoms with Gasteiger partial charge in [-0.3, -0.25) is 43.2 Å². The van der Waals surface area contributed by atoms with E-state index in [1.807, 2.05) is 69.2 Å². The van der Waals surface area contributed by atoms with Crippen molar-refractivity contribution in [3.8, 4) is 0 Å². The molecule has 21 nitrogen and oxygen atoms in total. The molecule has 39 atom stereocenters. The molecule has 0 heterocycles. The second-order valence-electron chi connectivity index (χ2n) is 48.5. The van der Waals surface area contributed by atoms with Gasteiger partial charge in [0.15, 0.2) is 27.2 Å². The number of ether oxygens (including phenoxy) is 12. The minimum Gasteiger partial charge on any atom is -0.462 e. The van der Waals surface area contributed by atoms with Crippen LogP contribution in [0.4, 0.5) is 0 Å². The molecule has 20 bridgehead atoms. The van der Waals surface area contributed by atoms with Crippen LogP contribution in [0.1, 0.15) is 320 Å². The van der Waals surface area contributed by atoms with E-state index in [9.17, 15) is 43.2 Å². The summed E-state index contributed by atoms with van der Waals surface area (Å²) in [5.41, 5.74) is -0.857. The summed E-state index contributed by atoms with van der Waals surface area (Å²) in [6, 6.07) is 0. The Morgan fingerprint density at radius 2 is 0.659 bits per heavy atom. The van der Waals surface area contributed by atoms with E-state index in [2.05, 4.69) is 0 Å². The van der Waals surface area contributed by atoms with Crippen molar-refractivity contribution in [3.05, 3.63) is 0 Å². The second-order valence-corrected chi connectivity index (χ2v) is 48.5. The van der Waals surface area contributed by atoms with Gasteiger partial charge in [-0.15, -0.1) is 0 Å². The highest BCUT2D eigenvalue weighted by molar-refractivity contribution is 5.86. The van der Waals surface area contributed by atoms with Crippen LogP contribution in [0.2, 0.25) is 0 Å². The van der Waals surface area contributed by atoms with Crippen molar-refractivity contribution in [3.63, 3.8) is 0 Å². The molecule has 720 valence electrons. The molecule has 21 heteroatoms. The van der Waals surface area contributed by atoms with Crippen LogP contribution in [0.3, 0.4) is 0 Å². The van der Waals surface area contributed by atoms with Crippen molar-refractivity contribution in [2.45, 2.75) is 356 Å². The molecule has 0 aliphatic heterocycles. The van der Waals surface area contributed by atoms with Gasteiger partial charge in [0.1, 0.15) is 30.2 Å². The summed E-state index contributed by atoms with van der Waals surface area (Å²) in [6.07, 6.45) is 44.0. The molecular formula is C108H162O21. The third-order valence-electron chi connectivity index (χ3n) is 41.5.